The fraction of sp³-hybridized carbons (Fsp3) is 0.176. The topological polar surface area (TPSA) is 44.1 Å². The zero-order valence-corrected chi connectivity index (χ0v) is 13.9. The zero-order chi connectivity index (χ0) is 16.4. The number of esters is 1. The van der Waals surface area contributed by atoms with Crippen LogP contribution in [-0.2, 0) is 11.3 Å². The SMILES string of the molecule is CCOC(=O)c1nn(Cc2ccc(Cl)cc2Cl)c2ccccc12. The highest BCUT2D eigenvalue weighted by Crippen LogP contribution is 2.25. The molecule has 0 fully saturated rings. The second-order valence-corrected chi connectivity index (χ2v) is 5.82. The van der Waals surface area contributed by atoms with Gasteiger partial charge in [0, 0.05) is 15.4 Å². The van der Waals surface area contributed by atoms with Crippen molar-refractivity contribution in [2.24, 2.45) is 0 Å². The maximum Gasteiger partial charge on any atom is 0.359 e. The number of hydrogen-bond acceptors (Lipinski definition) is 3. The van der Waals surface area contributed by atoms with Crippen LogP contribution < -0.4 is 0 Å². The summed E-state index contributed by atoms with van der Waals surface area (Å²) in [4.78, 5) is 12.1. The average Bonchev–Trinajstić information content (AvgIpc) is 2.89. The number of rotatable bonds is 4. The van der Waals surface area contributed by atoms with Crippen molar-refractivity contribution < 1.29 is 9.53 Å². The highest BCUT2D eigenvalue weighted by Gasteiger charge is 2.18. The smallest absolute Gasteiger partial charge is 0.359 e. The number of nitrogens with zero attached hydrogens (tertiary/aromatic N) is 2. The van der Waals surface area contributed by atoms with Gasteiger partial charge >= 0.3 is 5.97 Å². The molecule has 23 heavy (non-hydrogen) atoms. The Kier molecular flexibility index (Phi) is 4.55. The quantitative estimate of drug-likeness (QED) is 0.648. The summed E-state index contributed by atoms with van der Waals surface area (Å²) in [6.07, 6.45) is 0. The summed E-state index contributed by atoms with van der Waals surface area (Å²) in [6.45, 7) is 2.52. The highest BCUT2D eigenvalue weighted by atomic mass is 35.5. The highest BCUT2D eigenvalue weighted by molar-refractivity contribution is 6.35. The van der Waals surface area contributed by atoms with Crippen molar-refractivity contribution in [3.8, 4) is 0 Å². The van der Waals surface area contributed by atoms with Crippen LogP contribution >= 0.6 is 23.2 Å². The Labute approximate surface area is 143 Å². The molecule has 3 rings (SSSR count). The Hall–Kier alpha value is -2.04. The summed E-state index contributed by atoms with van der Waals surface area (Å²) in [5.41, 5.74) is 2.04. The van der Waals surface area contributed by atoms with Crippen LogP contribution in [-0.4, -0.2) is 22.4 Å². The number of carbonyl (C=O) groups excluding carboxylic acids is 1. The zero-order valence-electron chi connectivity index (χ0n) is 12.4. The Morgan fingerprint density at radius 3 is 2.74 bits per heavy atom. The first kappa shape index (κ1) is 15.8. The van der Waals surface area contributed by atoms with Crippen LogP contribution in [0.3, 0.4) is 0 Å². The molecule has 0 saturated heterocycles. The van der Waals surface area contributed by atoms with E-state index in [1.165, 1.54) is 0 Å². The van der Waals surface area contributed by atoms with Gasteiger partial charge in [-0.25, -0.2) is 4.79 Å². The van der Waals surface area contributed by atoms with Crippen molar-refractivity contribution in [2.45, 2.75) is 13.5 Å². The molecule has 0 radical (unpaired) electrons. The summed E-state index contributed by atoms with van der Waals surface area (Å²) in [5.74, 6) is -0.426. The Bertz CT molecular complexity index is 874. The third-order valence-corrected chi connectivity index (χ3v) is 4.05. The minimum absolute atomic E-state index is 0.309. The lowest BCUT2D eigenvalue weighted by atomic mass is 10.2. The van der Waals surface area contributed by atoms with Crippen LogP contribution in [0.5, 0.6) is 0 Å². The molecule has 0 bridgehead atoms. The van der Waals surface area contributed by atoms with Crippen molar-refractivity contribution in [3.63, 3.8) is 0 Å². The number of fused-ring (bicyclic) bond motifs is 1. The number of halogens is 2. The van der Waals surface area contributed by atoms with E-state index in [0.29, 0.717) is 28.9 Å². The van der Waals surface area contributed by atoms with E-state index in [4.69, 9.17) is 27.9 Å². The maximum absolute atomic E-state index is 12.1. The van der Waals surface area contributed by atoms with Gasteiger partial charge in [0.05, 0.1) is 18.7 Å². The van der Waals surface area contributed by atoms with Gasteiger partial charge in [0.25, 0.3) is 0 Å². The first-order valence-electron chi connectivity index (χ1n) is 7.16. The van der Waals surface area contributed by atoms with Crippen LogP contribution in [0, 0.1) is 0 Å². The molecule has 0 aliphatic carbocycles. The molecule has 0 spiro atoms. The molecule has 0 aliphatic rings. The molecule has 0 unspecified atom stereocenters. The molecule has 4 nitrogen and oxygen atoms in total. The summed E-state index contributed by atoms with van der Waals surface area (Å²) in [7, 11) is 0. The molecule has 0 aliphatic heterocycles. The average molecular weight is 349 g/mol. The number of benzene rings is 2. The van der Waals surface area contributed by atoms with E-state index in [9.17, 15) is 4.79 Å². The first-order chi connectivity index (χ1) is 11.1. The Balaban J connectivity index is 2.05. The standard InChI is InChI=1S/C17H14Cl2N2O2/c1-2-23-17(22)16-13-5-3-4-6-15(13)21(20-16)10-11-7-8-12(18)9-14(11)19/h3-9H,2,10H2,1H3. The molecule has 3 aromatic rings. The molecular weight excluding hydrogens is 335 g/mol. The second-order valence-electron chi connectivity index (χ2n) is 4.98. The Morgan fingerprint density at radius 1 is 1.22 bits per heavy atom. The molecule has 1 heterocycles. The number of aromatic nitrogens is 2. The van der Waals surface area contributed by atoms with Gasteiger partial charge in [0.1, 0.15) is 0 Å². The van der Waals surface area contributed by atoms with Crippen molar-refractivity contribution in [1.29, 1.82) is 0 Å². The molecule has 0 saturated carbocycles. The minimum atomic E-state index is -0.426. The Morgan fingerprint density at radius 2 is 2.00 bits per heavy atom. The number of para-hydroxylation sites is 1. The maximum atomic E-state index is 12.1. The summed E-state index contributed by atoms with van der Waals surface area (Å²) < 4.78 is 6.83. The normalized spacial score (nSPS) is 10.9. The summed E-state index contributed by atoms with van der Waals surface area (Å²) in [5, 5.41) is 6.32. The summed E-state index contributed by atoms with van der Waals surface area (Å²) in [6, 6.07) is 12.9. The van der Waals surface area contributed by atoms with Gasteiger partial charge in [-0.3, -0.25) is 4.68 Å². The van der Waals surface area contributed by atoms with Crippen LogP contribution in [0.4, 0.5) is 0 Å². The second kappa shape index (κ2) is 6.60. The van der Waals surface area contributed by atoms with Gasteiger partial charge in [-0.15, -0.1) is 0 Å². The lowest BCUT2D eigenvalue weighted by Gasteiger charge is -2.06. The fourth-order valence-electron chi connectivity index (χ4n) is 2.41. The third kappa shape index (κ3) is 3.19. The minimum Gasteiger partial charge on any atom is -0.461 e. The monoisotopic (exact) mass is 348 g/mol. The number of ether oxygens (including phenoxy) is 1. The van der Waals surface area contributed by atoms with Crippen LogP contribution in [0.1, 0.15) is 23.0 Å². The van der Waals surface area contributed by atoms with E-state index < -0.39 is 5.97 Å². The molecule has 0 amide bonds. The van der Waals surface area contributed by atoms with Crippen molar-refractivity contribution in [1.82, 2.24) is 9.78 Å². The van der Waals surface area contributed by atoms with E-state index in [0.717, 1.165) is 16.5 Å². The van der Waals surface area contributed by atoms with Gasteiger partial charge in [0.2, 0.25) is 0 Å². The van der Waals surface area contributed by atoms with Gasteiger partial charge in [-0.1, -0.05) is 47.5 Å². The fourth-order valence-corrected chi connectivity index (χ4v) is 2.88. The van der Waals surface area contributed by atoms with E-state index in [1.54, 1.807) is 23.7 Å². The molecule has 0 N–H and O–H groups in total. The number of hydrogen-bond donors (Lipinski definition) is 0. The molecule has 0 atom stereocenters. The van der Waals surface area contributed by atoms with Crippen LogP contribution in [0.2, 0.25) is 10.0 Å². The predicted molar refractivity (Wildman–Crippen MR) is 91.3 cm³/mol. The van der Waals surface area contributed by atoms with E-state index in [-0.39, 0.29) is 0 Å². The van der Waals surface area contributed by atoms with Gasteiger partial charge < -0.3 is 4.74 Å². The van der Waals surface area contributed by atoms with E-state index in [1.807, 2.05) is 30.3 Å². The van der Waals surface area contributed by atoms with Crippen molar-refractivity contribution >= 4 is 40.1 Å². The van der Waals surface area contributed by atoms with Crippen molar-refractivity contribution in [2.75, 3.05) is 6.61 Å². The lowest BCUT2D eigenvalue weighted by Crippen LogP contribution is -2.08. The van der Waals surface area contributed by atoms with Crippen molar-refractivity contribution in [3.05, 3.63) is 63.8 Å². The molecule has 118 valence electrons. The number of carbonyl (C=O) groups is 1. The van der Waals surface area contributed by atoms with E-state index >= 15 is 0 Å². The lowest BCUT2D eigenvalue weighted by molar-refractivity contribution is 0.0520. The third-order valence-electron chi connectivity index (χ3n) is 3.46. The largest absolute Gasteiger partial charge is 0.461 e. The summed E-state index contributed by atoms with van der Waals surface area (Å²) >= 11 is 12.2. The van der Waals surface area contributed by atoms with E-state index in [2.05, 4.69) is 5.10 Å². The molecule has 1 aromatic heterocycles. The van der Waals surface area contributed by atoms with Crippen LogP contribution in [0.15, 0.2) is 42.5 Å². The van der Waals surface area contributed by atoms with Gasteiger partial charge in [-0.05, 0) is 30.7 Å². The predicted octanol–water partition coefficient (Wildman–Crippen LogP) is 4.57. The van der Waals surface area contributed by atoms with Crippen LogP contribution in [0.25, 0.3) is 10.9 Å². The van der Waals surface area contributed by atoms with Gasteiger partial charge in [-0.2, -0.15) is 5.10 Å². The first-order valence-corrected chi connectivity index (χ1v) is 7.92. The van der Waals surface area contributed by atoms with Gasteiger partial charge in [0.15, 0.2) is 5.69 Å². The molecule has 2 aromatic carbocycles. The molecule has 6 heteroatoms. The molecular formula is C17H14Cl2N2O2.